The van der Waals surface area contributed by atoms with Gasteiger partial charge in [0.15, 0.2) is 0 Å². The molecule has 3 rings (SSSR count). The Labute approximate surface area is 191 Å². The fourth-order valence-corrected chi connectivity index (χ4v) is 5.43. The SMILES string of the molecule is CCN(CC(=O)NCc1cccs1)CC(=O)N1CCN(S(=O)(=O)c2ccc(F)cc2)CC1. The Kier molecular flexibility index (Phi) is 8.35. The lowest BCUT2D eigenvalue weighted by molar-refractivity contribution is -0.134. The number of hydrogen-bond acceptors (Lipinski definition) is 6. The van der Waals surface area contributed by atoms with Crippen molar-refractivity contribution < 1.29 is 22.4 Å². The Balaban J connectivity index is 1.47. The minimum absolute atomic E-state index is 0.0318. The predicted molar refractivity (Wildman–Crippen MR) is 120 cm³/mol. The molecule has 8 nitrogen and oxygen atoms in total. The summed E-state index contributed by atoms with van der Waals surface area (Å²) in [6.45, 7) is 3.96. The van der Waals surface area contributed by atoms with Gasteiger partial charge in [0.25, 0.3) is 0 Å². The highest BCUT2D eigenvalue weighted by Crippen LogP contribution is 2.18. The van der Waals surface area contributed by atoms with Crippen molar-refractivity contribution in [2.24, 2.45) is 0 Å². The summed E-state index contributed by atoms with van der Waals surface area (Å²) in [5.74, 6) is -0.792. The van der Waals surface area contributed by atoms with Gasteiger partial charge in [-0.1, -0.05) is 13.0 Å². The predicted octanol–water partition coefficient (Wildman–Crippen LogP) is 1.36. The van der Waals surface area contributed by atoms with Crippen molar-refractivity contribution in [3.63, 3.8) is 0 Å². The molecule has 1 aromatic heterocycles. The van der Waals surface area contributed by atoms with Gasteiger partial charge >= 0.3 is 0 Å². The number of thiophene rings is 1. The van der Waals surface area contributed by atoms with E-state index in [0.29, 0.717) is 13.1 Å². The molecule has 0 saturated carbocycles. The topological polar surface area (TPSA) is 90.0 Å². The van der Waals surface area contributed by atoms with Crippen LogP contribution < -0.4 is 5.32 Å². The molecule has 0 unspecified atom stereocenters. The standard InChI is InChI=1S/C21H27FN4O4S2/c1-2-24(15-20(27)23-14-18-4-3-13-31-18)16-21(28)25-9-11-26(12-10-25)32(29,30)19-7-5-17(22)6-8-19/h3-8,13H,2,9-12,14-16H2,1H3,(H,23,27). The molecular weight excluding hydrogens is 455 g/mol. The largest absolute Gasteiger partial charge is 0.350 e. The van der Waals surface area contributed by atoms with Crippen molar-refractivity contribution in [3.05, 3.63) is 52.5 Å². The number of sulfonamides is 1. The lowest BCUT2D eigenvalue weighted by atomic mass is 10.3. The molecule has 1 fully saturated rings. The van der Waals surface area contributed by atoms with E-state index < -0.39 is 15.8 Å². The molecule has 0 radical (unpaired) electrons. The first-order valence-electron chi connectivity index (χ1n) is 10.3. The minimum Gasteiger partial charge on any atom is -0.350 e. The number of piperazine rings is 1. The molecule has 174 valence electrons. The fraction of sp³-hybridized carbons (Fsp3) is 0.429. The van der Waals surface area contributed by atoms with Gasteiger partial charge in [-0.3, -0.25) is 14.5 Å². The smallest absolute Gasteiger partial charge is 0.243 e. The summed E-state index contributed by atoms with van der Waals surface area (Å²) >= 11 is 1.57. The van der Waals surface area contributed by atoms with Crippen molar-refractivity contribution in [1.82, 2.24) is 19.4 Å². The monoisotopic (exact) mass is 482 g/mol. The second-order valence-corrected chi connectivity index (χ2v) is 10.4. The van der Waals surface area contributed by atoms with Crippen LogP contribution in [-0.4, -0.2) is 80.2 Å². The number of carbonyl (C=O) groups is 2. The van der Waals surface area contributed by atoms with Gasteiger partial charge in [-0.15, -0.1) is 11.3 Å². The number of halogens is 1. The van der Waals surface area contributed by atoms with E-state index in [0.717, 1.165) is 17.0 Å². The zero-order valence-corrected chi connectivity index (χ0v) is 19.5. The molecular formula is C21H27FN4O4S2. The number of hydrogen-bond donors (Lipinski definition) is 1. The van der Waals surface area contributed by atoms with Gasteiger partial charge in [-0.2, -0.15) is 4.31 Å². The first-order valence-corrected chi connectivity index (χ1v) is 12.7. The van der Waals surface area contributed by atoms with Gasteiger partial charge in [0.1, 0.15) is 5.82 Å². The van der Waals surface area contributed by atoms with Crippen molar-refractivity contribution in [2.45, 2.75) is 18.4 Å². The van der Waals surface area contributed by atoms with E-state index in [-0.39, 0.29) is 56.0 Å². The van der Waals surface area contributed by atoms with Crippen LogP contribution in [0.1, 0.15) is 11.8 Å². The maximum atomic E-state index is 13.1. The number of nitrogens with one attached hydrogen (secondary N) is 1. The third-order valence-electron chi connectivity index (χ3n) is 5.26. The van der Waals surface area contributed by atoms with Gasteiger partial charge in [0, 0.05) is 31.1 Å². The van der Waals surface area contributed by atoms with Gasteiger partial charge < -0.3 is 10.2 Å². The number of likely N-dealkylation sites (N-methyl/N-ethyl adjacent to an activating group) is 1. The molecule has 0 aliphatic carbocycles. The molecule has 0 atom stereocenters. The van der Waals surface area contributed by atoms with Gasteiger partial charge in [-0.25, -0.2) is 12.8 Å². The molecule has 1 saturated heterocycles. The second-order valence-electron chi connectivity index (χ2n) is 7.40. The number of rotatable bonds is 9. The molecule has 1 aliphatic heterocycles. The molecule has 11 heteroatoms. The van der Waals surface area contributed by atoms with E-state index in [2.05, 4.69) is 5.32 Å². The van der Waals surface area contributed by atoms with Crippen molar-refractivity contribution >= 4 is 33.2 Å². The van der Waals surface area contributed by atoms with Crippen molar-refractivity contribution in [1.29, 1.82) is 0 Å². The Hall–Kier alpha value is -2.34. The maximum absolute atomic E-state index is 13.1. The Bertz CT molecular complexity index is 1000. The minimum atomic E-state index is -3.73. The average Bonchev–Trinajstić information content (AvgIpc) is 3.31. The normalized spacial score (nSPS) is 15.2. The summed E-state index contributed by atoms with van der Waals surface area (Å²) in [7, 11) is -3.73. The summed E-state index contributed by atoms with van der Waals surface area (Å²) in [4.78, 5) is 29.4. The van der Waals surface area contributed by atoms with Gasteiger partial charge in [0.2, 0.25) is 21.8 Å². The number of nitrogens with zero attached hydrogens (tertiary/aromatic N) is 3. The highest BCUT2D eigenvalue weighted by atomic mass is 32.2. The summed E-state index contributed by atoms with van der Waals surface area (Å²) in [6.07, 6.45) is 0. The molecule has 1 N–H and O–H groups in total. The molecule has 2 amide bonds. The second kappa shape index (κ2) is 11.0. The molecule has 32 heavy (non-hydrogen) atoms. The lowest BCUT2D eigenvalue weighted by Crippen LogP contribution is -2.53. The zero-order valence-electron chi connectivity index (χ0n) is 17.9. The van der Waals surface area contributed by atoms with E-state index in [1.165, 1.54) is 16.4 Å². The van der Waals surface area contributed by atoms with E-state index >= 15 is 0 Å². The molecule has 2 aromatic rings. The third-order valence-corrected chi connectivity index (χ3v) is 8.05. The van der Waals surface area contributed by atoms with Crippen molar-refractivity contribution in [3.8, 4) is 0 Å². The lowest BCUT2D eigenvalue weighted by Gasteiger charge is -2.35. The quantitative estimate of drug-likeness (QED) is 0.583. The number of benzene rings is 1. The number of amides is 2. The Morgan fingerprint density at radius 2 is 1.78 bits per heavy atom. The van der Waals surface area contributed by atoms with Crippen LogP contribution in [0.4, 0.5) is 4.39 Å². The highest BCUT2D eigenvalue weighted by Gasteiger charge is 2.30. The first-order chi connectivity index (χ1) is 15.3. The average molecular weight is 483 g/mol. The van der Waals surface area contributed by atoms with Gasteiger partial charge in [0.05, 0.1) is 24.5 Å². The van der Waals surface area contributed by atoms with E-state index in [4.69, 9.17) is 0 Å². The Morgan fingerprint density at radius 3 is 2.38 bits per heavy atom. The third kappa shape index (κ3) is 6.35. The van der Waals surface area contributed by atoms with Crippen LogP contribution in [0.15, 0.2) is 46.7 Å². The summed E-state index contributed by atoms with van der Waals surface area (Å²) in [5.41, 5.74) is 0. The van der Waals surface area contributed by atoms with E-state index in [1.54, 1.807) is 21.1 Å². The van der Waals surface area contributed by atoms with E-state index in [1.807, 2.05) is 24.4 Å². The summed E-state index contributed by atoms with van der Waals surface area (Å²) < 4.78 is 39.8. The van der Waals surface area contributed by atoms with Crippen LogP contribution in [0.3, 0.4) is 0 Å². The van der Waals surface area contributed by atoms with Crippen LogP contribution in [0.2, 0.25) is 0 Å². The molecule has 1 aliphatic rings. The fourth-order valence-electron chi connectivity index (χ4n) is 3.36. The van der Waals surface area contributed by atoms with Crippen LogP contribution in [0.25, 0.3) is 0 Å². The van der Waals surface area contributed by atoms with Crippen LogP contribution >= 0.6 is 11.3 Å². The molecule has 1 aromatic carbocycles. The maximum Gasteiger partial charge on any atom is 0.243 e. The van der Waals surface area contributed by atoms with Crippen LogP contribution in [-0.2, 0) is 26.2 Å². The van der Waals surface area contributed by atoms with Crippen LogP contribution in [0.5, 0.6) is 0 Å². The Morgan fingerprint density at radius 1 is 1.09 bits per heavy atom. The van der Waals surface area contributed by atoms with E-state index in [9.17, 15) is 22.4 Å². The van der Waals surface area contributed by atoms with Gasteiger partial charge in [-0.05, 0) is 42.3 Å². The molecule has 0 bridgehead atoms. The summed E-state index contributed by atoms with van der Waals surface area (Å²) in [5, 5.41) is 4.80. The highest BCUT2D eigenvalue weighted by molar-refractivity contribution is 7.89. The summed E-state index contributed by atoms with van der Waals surface area (Å²) in [6, 6.07) is 8.58. The zero-order chi connectivity index (χ0) is 23.1. The number of carbonyl (C=O) groups excluding carboxylic acids is 2. The van der Waals surface area contributed by atoms with Crippen molar-refractivity contribution in [2.75, 3.05) is 45.8 Å². The molecule has 2 heterocycles. The molecule has 0 spiro atoms. The first kappa shape index (κ1) is 24.3. The van der Waals surface area contributed by atoms with Crippen LogP contribution in [0, 0.1) is 5.82 Å².